The second-order valence-corrected chi connectivity index (χ2v) is 4.38. The number of hydrogen-bond acceptors (Lipinski definition) is 4. The molecular weight excluding hydrogens is 242 g/mol. The Morgan fingerprint density at radius 3 is 1.89 bits per heavy atom. The van der Waals surface area contributed by atoms with Crippen LogP contribution in [-0.2, 0) is 9.47 Å². The Balaban J connectivity index is 0.000000362. The van der Waals surface area contributed by atoms with Crippen LogP contribution in [0.5, 0.6) is 0 Å². The smallest absolute Gasteiger partial charge is 0.217 e. The summed E-state index contributed by atoms with van der Waals surface area (Å²) in [5.41, 5.74) is 2.01. The molecule has 0 atom stereocenters. The van der Waals surface area contributed by atoms with Gasteiger partial charge in [-0.3, -0.25) is 9.69 Å². The highest BCUT2D eigenvalue weighted by atomic mass is 16.7. The summed E-state index contributed by atoms with van der Waals surface area (Å²) in [6, 6.07) is 7.67. The molecule has 0 spiro atoms. The van der Waals surface area contributed by atoms with Gasteiger partial charge in [0.05, 0.1) is 0 Å². The maximum atomic E-state index is 11.1. The lowest BCUT2D eigenvalue weighted by atomic mass is 10.1. The van der Waals surface area contributed by atoms with Crippen LogP contribution in [0.25, 0.3) is 0 Å². The molecule has 0 bridgehead atoms. The first-order valence-electron chi connectivity index (χ1n) is 6.28. The van der Waals surface area contributed by atoms with Gasteiger partial charge in [0, 0.05) is 26.2 Å². The molecule has 0 saturated heterocycles. The van der Waals surface area contributed by atoms with E-state index >= 15 is 0 Å². The standard InChI is InChI=1S/C10H12O.C5H13NO2/c1-3-10(11)9-6-4-8(2)5-7-9;1-6(2)5(7-3)8-4/h4-7H,3H2,1-2H3;5H,1-4H3. The highest BCUT2D eigenvalue weighted by Crippen LogP contribution is 2.05. The molecule has 0 N–H and O–H groups in total. The molecule has 108 valence electrons. The maximum Gasteiger partial charge on any atom is 0.217 e. The van der Waals surface area contributed by atoms with Crippen molar-refractivity contribution in [1.29, 1.82) is 0 Å². The van der Waals surface area contributed by atoms with Crippen molar-refractivity contribution in [2.24, 2.45) is 0 Å². The summed E-state index contributed by atoms with van der Waals surface area (Å²) in [5, 5.41) is 0. The molecule has 4 nitrogen and oxygen atoms in total. The van der Waals surface area contributed by atoms with E-state index in [-0.39, 0.29) is 12.2 Å². The van der Waals surface area contributed by atoms with Gasteiger partial charge in [-0.25, -0.2) is 0 Å². The summed E-state index contributed by atoms with van der Waals surface area (Å²) in [4.78, 5) is 13.0. The first kappa shape index (κ1) is 17.8. The second kappa shape index (κ2) is 9.67. The molecule has 19 heavy (non-hydrogen) atoms. The fourth-order valence-electron chi connectivity index (χ4n) is 1.46. The van der Waals surface area contributed by atoms with Gasteiger partial charge in [0.1, 0.15) is 0 Å². The van der Waals surface area contributed by atoms with E-state index in [1.807, 2.05) is 57.1 Å². The molecule has 0 radical (unpaired) electrons. The van der Waals surface area contributed by atoms with Gasteiger partial charge >= 0.3 is 0 Å². The molecule has 0 aliphatic rings. The van der Waals surface area contributed by atoms with Crippen molar-refractivity contribution in [2.45, 2.75) is 26.7 Å². The molecule has 0 heterocycles. The Bertz CT molecular complexity index is 356. The third kappa shape index (κ3) is 7.06. The van der Waals surface area contributed by atoms with Crippen molar-refractivity contribution in [2.75, 3.05) is 28.3 Å². The van der Waals surface area contributed by atoms with Crippen LogP contribution in [0.3, 0.4) is 0 Å². The van der Waals surface area contributed by atoms with Crippen molar-refractivity contribution in [3.05, 3.63) is 35.4 Å². The fraction of sp³-hybridized carbons (Fsp3) is 0.533. The number of Topliss-reactive ketones (excluding diaryl/α,β-unsaturated/α-hetero) is 1. The monoisotopic (exact) mass is 267 g/mol. The predicted octanol–water partition coefficient (Wildman–Crippen LogP) is 2.71. The molecule has 1 aromatic carbocycles. The number of ether oxygens (including phenoxy) is 2. The largest absolute Gasteiger partial charge is 0.343 e. The summed E-state index contributed by atoms with van der Waals surface area (Å²) < 4.78 is 9.73. The number of methoxy groups -OCH3 is 2. The van der Waals surface area contributed by atoms with Crippen LogP contribution in [0.2, 0.25) is 0 Å². The van der Waals surface area contributed by atoms with Crippen LogP contribution in [0.15, 0.2) is 24.3 Å². The lowest BCUT2D eigenvalue weighted by Crippen LogP contribution is -2.30. The average molecular weight is 267 g/mol. The van der Waals surface area contributed by atoms with Gasteiger partial charge in [0.2, 0.25) is 6.41 Å². The summed E-state index contributed by atoms with van der Waals surface area (Å²) in [5.74, 6) is 0.213. The van der Waals surface area contributed by atoms with Crippen LogP contribution in [0.4, 0.5) is 0 Å². The number of ketones is 1. The van der Waals surface area contributed by atoms with Crippen LogP contribution >= 0.6 is 0 Å². The van der Waals surface area contributed by atoms with E-state index in [0.29, 0.717) is 6.42 Å². The third-order valence-electron chi connectivity index (χ3n) is 2.52. The molecule has 0 aliphatic carbocycles. The van der Waals surface area contributed by atoms with Crippen molar-refractivity contribution in [1.82, 2.24) is 4.90 Å². The van der Waals surface area contributed by atoms with Gasteiger partial charge in [-0.05, 0) is 21.0 Å². The maximum absolute atomic E-state index is 11.1. The quantitative estimate of drug-likeness (QED) is 0.607. The molecule has 4 heteroatoms. The first-order valence-corrected chi connectivity index (χ1v) is 6.28. The molecule has 0 amide bonds. The summed E-state index contributed by atoms with van der Waals surface area (Å²) in [6.45, 7) is 3.89. The van der Waals surface area contributed by atoms with E-state index in [1.54, 1.807) is 14.2 Å². The van der Waals surface area contributed by atoms with E-state index in [1.165, 1.54) is 5.56 Å². The molecule has 0 fully saturated rings. The minimum Gasteiger partial charge on any atom is -0.343 e. The summed E-state index contributed by atoms with van der Waals surface area (Å²) >= 11 is 0. The lowest BCUT2D eigenvalue weighted by molar-refractivity contribution is -0.179. The highest BCUT2D eigenvalue weighted by Gasteiger charge is 2.04. The SMILES string of the molecule is CCC(=O)c1ccc(C)cc1.COC(OC)N(C)C. The summed E-state index contributed by atoms with van der Waals surface area (Å²) in [7, 11) is 6.98. The second-order valence-electron chi connectivity index (χ2n) is 4.38. The number of nitrogens with zero attached hydrogens (tertiary/aromatic N) is 1. The number of aryl methyl sites for hydroxylation is 1. The van der Waals surface area contributed by atoms with Crippen molar-refractivity contribution in [3.8, 4) is 0 Å². The molecule has 1 aromatic rings. The van der Waals surface area contributed by atoms with E-state index in [0.717, 1.165) is 5.56 Å². The molecule has 0 unspecified atom stereocenters. The van der Waals surface area contributed by atoms with Crippen molar-refractivity contribution in [3.63, 3.8) is 0 Å². The zero-order chi connectivity index (χ0) is 14.8. The lowest BCUT2D eigenvalue weighted by Gasteiger charge is -2.19. The predicted molar refractivity (Wildman–Crippen MR) is 77.3 cm³/mol. The number of carbonyl (C=O) groups excluding carboxylic acids is 1. The zero-order valence-corrected chi connectivity index (χ0v) is 12.8. The Morgan fingerprint density at radius 2 is 1.63 bits per heavy atom. The van der Waals surface area contributed by atoms with Gasteiger partial charge in [-0.2, -0.15) is 0 Å². The van der Waals surface area contributed by atoms with E-state index in [4.69, 9.17) is 9.47 Å². The van der Waals surface area contributed by atoms with E-state index in [2.05, 4.69) is 0 Å². The molecule has 1 rings (SSSR count). The summed E-state index contributed by atoms with van der Waals surface area (Å²) in [6.07, 6.45) is 0.373. The Kier molecular flexibility index (Phi) is 9.04. The normalized spacial score (nSPS) is 10.3. The van der Waals surface area contributed by atoms with Gasteiger partial charge in [0.15, 0.2) is 5.78 Å². The van der Waals surface area contributed by atoms with Crippen molar-refractivity contribution >= 4 is 5.78 Å². The molecular formula is C15H25NO3. The molecule has 0 saturated carbocycles. The van der Waals surface area contributed by atoms with Crippen LogP contribution in [0.1, 0.15) is 29.3 Å². The van der Waals surface area contributed by atoms with E-state index in [9.17, 15) is 4.79 Å². The van der Waals surface area contributed by atoms with Crippen LogP contribution < -0.4 is 0 Å². The third-order valence-corrected chi connectivity index (χ3v) is 2.52. The Labute approximate surface area is 116 Å². The minimum absolute atomic E-state index is 0.213. The van der Waals surface area contributed by atoms with Crippen LogP contribution in [-0.4, -0.2) is 45.4 Å². The van der Waals surface area contributed by atoms with Gasteiger partial charge < -0.3 is 9.47 Å². The number of hydrogen-bond donors (Lipinski definition) is 0. The van der Waals surface area contributed by atoms with E-state index < -0.39 is 0 Å². The van der Waals surface area contributed by atoms with Gasteiger partial charge in [-0.1, -0.05) is 36.8 Å². The Morgan fingerprint density at radius 1 is 1.16 bits per heavy atom. The number of carbonyl (C=O) groups is 1. The number of benzene rings is 1. The minimum atomic E-state index is -0.213. The van der Waals surface area contributed by atoms with Gasteiger partial charge in [0.25, 0.3) is 0 Å². The Hall–Kier alpha value is -1.23. The molecule has 0 aromatic heterocycles. The topological polar surface area (TPSA) is 38.8 Å². The average Bonchev–Trinajstić information content (AvgIpc) is 2.40. The molecule has 0 aliphatic heterocycles. The first-order chi connectivity index (χ1) is 8.96. The van der Waals surface area contributed by atoms with Gasteiger partial charge in [-0.15, -0.1) is 0 Å². The van der Waals surface area contributed by atoms with Crippen LogP contribution in [0, 0.1) is 6.92 Å². The zero-order valence-electron chi connectivity index (χ0n) is 12.8. The highest BCUT2D eigenvalue weighted by molar-refractivity contribution is 5.95. The number of rotatable bonds is 5. The fourth-order valence-corrected chi connectivity index (χ4v) is 1.46. The van der Waals surface area contributed by atoms with Crippen molar-refractivity contribution < 1.29 is 14.3 Å².